The Morgan fingerprint density at radius 1 is 1.45 bits per heavy atom. The zero-order valence-corrected chi connectivity index (χ0v) is 11.8. The van der Waals surface area contributed by atoms with Gasteiger partial charge in [0.05, 0.1) is 10.9 Å². The summed E-state index contributed by atoms with van der Waals surface area (Å²) in [5.41, 5.74) is 5.17. The number of carbonyl (C=O) groups excluding carboxylic acids is 1. The molecule has 7 heteroatoms. The Hall–Kier alpha value is -1.82. The first-order chi connectivity index (χ1) is 9.40. The molecule has 2 heterocycles. The van der Waals surface area contributed by atoms with E-state index in [4.69, 9.17) is 22.4 Å². The highest BCUT2D eigenvalue weighted by molar-refractivity contribution is 6.33. The van der Waals surface area contributed by atoms with Crippen molar-refractivity contribution in [1.29, 1.82) is 0 Å². The van der Waals surface area contributed by atoms with Crippen LogP contribution in [0.15, 0.2) is 12.1 Å². The zero-order valence-electron chi connectivity index (χ0n) is 11.0. The Labute approximate surface area is 121 Å². The van der Waals surface area contributed by atoms with Crippen molar-refractivity contribution in [1.82, 2.24) is 4.98 Å². The highest BCUT2D eigenvalue weighted by Gasteiger charge is 2.30. The summed E-state index contributed by atoms with van der Waals surface area (Å²) < 4.78 is 0. The van der Waals surface area contributed by atoms with E-state index in [2.05, 4.69) is 4.98 Å². The molecule has 1 fully saturated rings. The smallest absolute Gasteiger partial charge is 0.356 e. The second kappa shape index (κ2) is 5.66. The van der Waals surface area contributed by atoms with Gasteiger partial charge < -0.3 is 15.7 Å². The maximum absolute atomic E-state index is 11.3. The number of carbonyl (C=O) groups is 2. The number of rotatable bonds is 3. The van der Waals surface area contributed by atoms with E-state index in [-0.39, 0.29) is 28.6 Å². The van der Waals surface area contributed by atoms with Crippen LogP contribution in [0.25, 0.3) is 0 Å². The number of pyridine rings is 1. The van der Waals surface area contributed by atoms with E-state index in [1.807, 2.05) is 11.8 Å². The molecular weight excluding hydrogens is 282 g/mol. The quantitative estimate of drug-likeness (QED) is 0.882. The SMILES string of the molecule is CC1CCC(C(N)=O)CN1c1ccc(Cl)c(C(=O)O)n1. The van der Waals surface area contributed by atoms with Crippen LogP contribution in [0, 0.1) is 5.92 Å². The van der Waals surface area contributed by atoms with Crippen molar-refractivity contribution in [2.24, 2.45) is 11.7 Å². The fourth-order valence-corrected chi connectivity index (χ4v) is 2.59. The van der Waals surface area contributed by atoms with E-state index in [9.17, 15) is 9.59 Å². The van der Waals surface area contributed by atoms with Crippen molar-refractivity contribution >= 4 is 29.3 Å². The van der Waals surface area contributed by atoms with Gasteiger partial charge in [-0.05, 0) is 31.9 Å². The molecule has 2 atom stereocenters. The second-order valence-electron chi connectivity index (χ2n) is 4.98. The molecule has 0 aromatic carbocycles. The number of nitrogens with two attached hydrogens (primary N) is 1. The van der Waals surface area contributed by atoms with Gasteiger partial charge in [-0.25, -0.2) is 9.78 Å². The van der Waals surface area contributed by atoms with E-state index >= 15 is 0 Å². The molecule has 6 nitrogen and oxygen atoms in total. The summed E-state index contributed by atoms with van der Waals surface area (Å²) >= 11 is 5.81. The highest BCUT2D eigenvalue weighted by Crippen LogP contribution is 2.28. The van der Waals surface area contributed by atoms with Gasteiger partial charge in [0.2, 0.25) is 5.91 Å². The third-order valence-corrected chi connectivity index (χ3v) is 3.92. The maximum atomic E-state index is 11.3. The predicted octanol–water partition coefficient (Wildman–Crippen LogP) is 1.52. The molecule has 3 N–H and O–H groups in total. The van der Waals surface area contributed by atoms with Gasteiger partial charge in [0.25, 0.3) is 0 Å². The molecule has 20 heavy (non-hydrogen) atoms. The number of primary amides is 1. The van der Waals surface area contributed by atoms with E-state index in [1.165, 1.54) is 6.07 Å². The van der Waals surface area contributed by atoms with Gasteiger partial charge in [-0.3, -0.25) is 4.79 Å². The molecule has 1 amide bonds. The van der Waals surface area contributed by atoms with Crippen LogP contribution >= 0.6 is 11.6 Å². The lowest BCUT2D eigenvalue weighted by molar-refractivity contribution is -0.122. The lowest BCUT2D eigenvalue weighted by Crippen LogP contribution is -2.46. The fourth-order valence-electron chi connectivity index (χ4n) is 2.40. The van der Waals surface area contributed by atoms with Gasteiger partial charge in [0.1, 0.15) is 5.82 Å². The number of aromatic carboxylic acids is 1. The first-order valence-electron chi connectivity index (χ1n) is 6.36. The summed E-state index contributed by atoms with van der Waals surface area (Å²) in [5, 5.41) is 9.15. The van der Waals surface area contributed by atoms with Crippen LogP contribution in [0.1, 0.15) is 30.3 Å². The number of carboxylic acids is 1. The van der Waals surface area contributed by atoms with Crippen molar-refractivity contribution in [3.05, 3.63) is 22.8 Å². The third kappa shape index (κ3) is 2.85. The van der Waals surface area contributed by atoms with Crippen LogP contribution in [-0.4, -0.2) is 34.6 Å². The third-order valence-electron chi connectivity index (χ3n) is 3.61. The average molecular weight is 298 g/mol. The van der Waals surface area contributed by atoms with Crippen molar-refractivity contribution in [3.63, 3.8) is 0 Å². The van der Waals surface area contributed by atoms with E-state index in [1.54, 1.807) is 6.07 Å². The van der Waals surface area contributed by atoms with Crippen molar-refractivity contribution in [3.8, 4) is 0 Å². The standard InChI is InChI=1S/C13H16ClN3O3/c1-7-2-3-8(12(15)18)6-17(7)10-5-4-9(14)11(16-10)13(19)20/h4-5,7-8H,2-3,6H2,1H3,(H2,15,18)(H,19,20). The van der Waals surface area contributed by atoms with E-state index in [0.29, 0.717) is 12.4 Å². The minimum absolute atomic E-state index is 0.0948. The molecular formula is C13H16ClN3O3. The maximum Gasteiger partial charge on any atom is 0.356 e. The summed E-state index contributed by atoms with van der Waals surface area (Å²) in [6.45, 7) is 2.46. The molecule has 1 aliphatic rings. The van der Waals surface area contributed by atoms with Gasteiger partial charge >= 0.3 is 5.97 Å². The Morgan fingerprint density at radius 2 is 2.15 bits per heavy atom. The monoisotopic (exact) mass is 297 g/mol. The van der Waals surface area contributed by atoms with Crippen LogP contribution in [0.5, 0.6) is 0 Å². The summed E-state index contributed by atoms with van der Waals surface area (Å²) in [4.78, 5) is 28.4. The Kier molecular flexibility index (Phi) is 4.13. The van der Waals surface area contributed by atoms with Gasteiger partial charge in [0.15, 0.2) is 5.69 Å². The number of anilines is 1. The summed E-state index contributed by atoms with van der Waals surface area (Å²) in [7, 11) is 0. The van der Waals surface area contributed by atoms with Crippen molar-refractivity contribution in [2.75, 3.05) is 11.4 Å². The largest absolute Gasteiger partial charge is 0.476 e. The van der Waals surface area contributed by atoms with E-state index < -0.39 is 5.97 Å². The van der Waals surface area contributed by atoms with Gasteiger partial charge in [-0.2, -0.15) is 0 Å². The van der Waals surface area contributed by atoms with Crippen molar-refractivity contribution in [2.45, 2.75) is 25.8 Å². The van der Waals surface area contributed by atoms with Crippen LogP contribution < -0.4 is 10.6 Å². The number of hydrogen-bond acceptors (Lipinski definition) is 4. The first kappa shape index (κ1) is 14.6. The summed E-state index contributed by atoms with van der Waals surface area (Å²) in [5.74, 6) is -1.25. The normalized spacial score (nSPS) is 22.6. The molecule has 0 spiro atoms. The molecule has 0 radical (unpaired) electrons. The molecule has 2 rings (SSSR count). The molecule has 108 valence electrons. The Balaban J connectivity index is 2.31. The van der Waals surface area contributed by atoms with Crippen LogP contribution in [0.3, 0.4) is 0 Å². The molecule has 0 bridgehead atoms. The second-order valence-corrected chi connectivity index (χ2v) is 5.39. The van der Waals surface area contributed by atoms with Gasteiger partial charge in [0, 0.05) is 12.6 Å². The van der Waals surface area contributed by atoms with Crippen molar-refractivity contribution < 1.29 is 14.7 Å². The van der Waals surface area contributed by atoms with E-state index in [0.717, 1.165) is 12.8 Å². The van der Waals surface area contributed by atoms with Gasteiger partial charge in [-0.15, -0.1) is 0 Å². The molecule has 1 saturated heterocycles. The lowest BCUT2D eigenvalue weighted by atomic mass is 9.93. The first-order valence-corrected chi connectivity index (χ1v) is 6.73. The van der Waals surface area contributed by atoms with Crippen LogP contribution in [-0.2, 0) is 4.79 Å². The molecule has 0 saturated carbocycles. The Morgan fingerprint density at radius 3 is 2.75 bits per heavy atom. The fraction of sp³-hybridized carbons (Fsp3) is 0.462. The molecule has 1 aromatic heterocycles. The number of carboxylic acid groups (broad SMARTS) is 1. The Bertz CT molecular complexity index is 550. The average Bonchev–Trinajstić information content (AvgIpc) is 2.39. The number of piperidine rings is 1. The number of aromatic nitrogens is 1. The predicted molar refractivity (Wildman–Crippen MR) is 74.9 cm³/mol. The summed E-state index contributed by atoms with van der Waals surface area (Å²) in [6.07, 6.45) is 1.55. The molecule has 0 aliphatic carbocycles. The minimum Gasteiger partial charge on any atom is -0.476 e. The number of halogens is 1. The highest BCUT2D eigenvalue weighted by atomic mass is 35.5. The molecule has 1 aliphatic heterocycles. The summed E-state index contributed by atoms with van der Waals surface area (Å²) in [6, 6.07) is 3.34. The topological polar surface area (TPSA) is 96.5 Å². The zero-order chi connectivity index (χ0) is 14.9. The number of amides is 1. The lowest BCUT2D eigenvalue weighted by Gasteiger charge is -2.37. The minimum atomic E-state index is -1.17. The number of hydrogen-bond donors (Lipinski definition) is 2. The number of nitrogens with zero attached hydrogens (tertiary/aromatic N) is 2. The molecule has 2 unspecified atom stereocenters. The molecule has 1 aromatic rings. The van der Waals surface area contributed by atoms with Gasteiger partial charge in [-0.1, -0.05) is 11.6 Å². The van der Waals surface area contributed by atoms with Crippen LogP contribution in [0.4, 0.5) is 5.82 Å². The van der Waals surface area contributed by atoms with Crippen LogP contribution in [0.2, 0.25) is 5.02 Å².